The fourth-order valence-corrected chi connectivity index (χ4v) is 3.94. The van der Waals surface area contributed by atoms with Crippen molar-refractivity contribution in [3.8, 4) is 0 Å². The highest BCUT2D eigenvalue weighted by atomic mass is 79.9. The molecule has 0 saturated carbocycles. The Balaban J connectivity index is 2.43. The number of hydrogen-bond acceptors (Lipinski definition) is 5. The smallest absolute Gasteiger partial charge is 0.328 e. The largest absolute Gasteiger partial charge is 0.468 e. The van der Waals surface area contributed by atoms with Gasteiger partial charge in [0.05, 0.1) is 7.11 Å². The first kappa shape index (κ1) is 17.9. The van der Waals surface area contributed by atoms with E-state index in [0.717, 1.165) is 0 Å². The predicted molar refractivity (Wildman–Crippen MR) is 88.5 cm³/mol. The van der Waals surface area contributed by atoms with Crippen LogP contribution in [0.15, 0.2) is 52.0 Å². The van der Waals surface area contributed by atoms with Gasteiger partial charge in [0.2, 0.25) is 10.0 Å². The number of carbonyl (C=O) groups excluding carboxylic acids is 1. The van der Waals surface area contributed by atoms with Crippen molar-refractivity contribution in [1.29, 1.82) is 0 Å². The van der Waals surface area contributed by atoms with Gasteiger partial charge in [-0.25, -0.2) is 18.2 Å². The Kier molecular flexibility index (Phi) is 5.74. The topological polar surface area (TPSA) is 85.4 Å². The van der Waals surface area contributed by atoms with E-state index in [0.29, 0.717) is 10.0 Å². The first-order chi connectivity index (χ1) is 10.8. The SMILES string of the molecule is COC(=O)C(NS(=O)(=O)c1cc(Br)cnc1Cl)c1ccccc1. The van der Waals surface area contributed by atoms with Gasteiger partial charge in [-0.1, -0.05) is 41.9 Å². The standard InChI is InChI=1S/C14H12BrClN2O4S/c1-22-14(19)12(9-5-3-2-4-6-9)18-23(20,21)11-7-10(15)8-17-13(11)16/h2-8,12,18H,1H3. The zero-order chi connectivity index (χ0) is 17.0. The maximum absolute atomic E-state index is 12.5. The van der Waals surface area contributed by atoms with Crippen molar-refractivity contribution in [2.24, 2.45) is 0 Å². The second kappa shape index (κ2) is 7.39. The predicted octanol–water partition coefficient (Wildman–Crippen LogP) is 2.69. The van der Waals surface area contributed by atoms with E-state index < -0.39 is 22.0 Å². The minimum absolute atomic E-state index is 0.197. The Morgan fingerprint density at radius 1 is 1.35 bits per heavy atom. The summed E-state index contributed by atoms with van der Waals surface area (Å²) in [5, 5.41) is -0.197. The van der Waals surface area contributed by atoms with Gasteiger partial charge in [-0.2, -0.15) is 4.72 Å². The van der Waals surface area contributed by atoms with Crippen LogP contribution in [0.25, 0.3) is 0 Å². The number of methoxy groups -OCH3 is 1. The number of aromatic nitrogens is 1. The van der Waals surface area contributed by atoms with Crippen LogP contribution in [-0.2, 0) is 19.6 Å². The molecule has 0 radical (unpaired) electrons. The molecule has 0 aliphatic rings. The number of rotatable bonds is 5. The molecule has 0 bridgehead atoms. The summed E-state index contributed by atoms with van der Waals surface area (Å²) in [7, 11) is -2.91. The van der Waals surface area contributed by atoms with Crippen molar-refractivity contribution in [3.05, 3.63) is 57.8 Å². The van der Waals surface area contributed by atoms with Crippen molar-refractivity contribution >= 4 is 43.5 Å². The number of carbonyl (C=O) groups is 1. The van der Waals surface area contributed by atoms with E-state index in [1.807, 2.05) is 0 Å². The molecule has 1 N–H and O–H groups in total. The lowest BCUT2D eigenvalue weighted by molar-refractivity contribution is -0.142. The lowest BCUT2D eigenvalue weighted by Gasteiger charge is -2.17. The van der Waals surface area contributed by atoms with Gasteiger partial charge in [-0.3, -0.25) is 0 Å². The molecule has 0 aliphatic carbocycles. The van der Waals surface area contributed by atoms with Crippen LogP contribution >= 0.6 is 27.5 Å². The first-order valence-electron chi connectivity index (χ1n) is 6.31. The van der Waals surface area contributed by atoms with Gasteiger partial charge in [-0.05, 0) is 27.6 Å². The maximum atomic E-state index is 12.5. The van der Waals surface area contributed by atoms with Crippen molar-refractivity contribution in [3.63, 3.8) is 0 Å². The molecule has 1 aromatic carbocycles. The average molecular weight is 420 g/mol. The summed E-state index contributed by atoms with van der Waals surface area (Å²) in [6.45, 7) is 0. The summed E-state index contributed by atoms with van der Waals surface area (Å²) in [6.07, 6.45) is 1.37. The second-order valence-corrected chi connectivity index (χ2v) is 7.39. The highest BCUT2D eigenvalue weighted by molar-refractivity contribution is 9.10. The highest BCUT2D eigenvalue weighted by Crippen LogP contribution is 2.25. The zero-order valence-electron chi connectivity index (χ0n) is 11.9. The van der Waals surface area contributed by atoms with Gasteiger partial charge in [0.15, 0.2) is 0 Å². The molecular weight excluding hydrogens is 408 g/mol. The third-order valence-electron chi connectivity index (χ3n) is 2.91. The summed E-state index contributed by atoms with van der Waals surface area (Å²) >= 11 is 8.99. The molecule has 0 amide bonds. The Hall–Kier alpha value is -1.48. The molecule has 2 aromatic rings. The summed E-state index contributed by atoms with van der Waals surface area (Å²) in [6, 6.07) is 8.47. The molecule has 122 valence electrons. The van der Waals surface area contributed by atoms with Gasteiger partial charge in [0.25, 0.3) is 0 Å². The van der Waals surface area contributed by atoms with Crippen LogP contribution in [0.4, 0.5) is 0 Å². The van der Waals surface area contributed by atoms with E-state index in [9.17, 15) is 13.2 Å². The number of nitrogens with one attached hydrogen (secondary N) is 1. The molecule has 0 aliphatic heterocycles. The van der Waals surface area contributed by atoms with Crippen LogP contribution in [0.2, 0.25) is 5.15 Å². The molecular formula is C14H12BrClN2O4S. The summed E-state index contributed by atoms with van der Waals surface area (Å²) in [5.74, 6) is -0.737. The van der Waals surface area contributed by atoms with Crippen LogP contribution in [0, 0.1) is 0 Å². The van der Waals surface area contributed by atoms with E-state index in [4.69, 9.17) is 11.6 Å². The van der Waals surface area contributed by atoms with Crippen LogP contribution < -0.4 is 4.72 Å². The molecule has 1 atom stereocenters. The van der Waals surface area contributed by atoms with E-state index >= 15 is 0 Å². The Morgan fingerprint density at radius 2 is 2.00 bits per heavy atom. The molecule has 0 spiro atoms. The van der Waals surface area contributed by atoms with Gasteiger partial charge >= 0.3 is 5.97 Å². The van der Waals surface area contributed by atoms with Gasteiger partial charge < -0.3 is 4.74 Å². The summed E-state index contributed by atoms with van der Waals surface area (Å²) < 4.78 is 32.5. The number of ether oxygens (including phenoxy) is 1. The number of nitrogens with zero attached hydrogens (tertiary/aromatic N) is 1. The normalized spacial score (nSPS) is 12.7. The number of pyridine rings is 1. The molecule has 0 fully saturated rings. The first-order valence-corrected chi connectivity index (χ1v) is 8.96. The Labute approximate surface area is 147 Å². The van der Waals surface area contributed by atoms with Gasteiger partial charge in [0, 0.05) is 10.7 Å². The second-order valence-electron chi connectivity index (χ2n) is 4.43. The third kappa shape index (κ3) is 4.29. The van der Waals surface area contributed by atoms with E-state index in [1.165, 1.54) is 19.4 Å². The third-order valence-corrected chi connectivity index (χ3v) is 5.19. The number of esters is 1. The minimum Gasteiger partial charge on any atom is -0.468 e. The Bertz CT molecular complexity index is 815. The average Bonchev–Trinajstić information content (AvgIpc) is 2.55. The number of halogens is 2. The number of benzene rings is 1. The number of hydrogen-bond donors (Lipinski definition) is 1. The monoisotopic (exact) mass is 418 g/mol. The lowest BCUT2D eigenvalue weighted by atomic mass is 10.1. The van der Waals surface area contributed by atoms with Crippen molar-refractivity contribution in [1.82, 2.24) is 9.71 Å². The van der Waals surface area contributed by atoms with E-state index in [2.05, 4.69) is 30.4 Å². The van der Waals surface area contributed by atoms with E-state index in [1.54, 1.807) is 30.3 Å². The molecule has 6 nitrogen and oxygen atoms in total. The molecule has 1 unspecified atom stereocenters. The van der Waals surface area contributed by atoms with Crippen molar-refractivity contribution in [2.45, 2.75) is 10.9 Å². The number of sulfonamides is 1. The minimum atomic E-state index is -4.09. The quantitative estimate of drug-likeness (QED) is 0.595. The lowest BCUT2D eigenvalue weighted by Crippen LogP contribution is -2.34. The van der Waals surface area contributed by atoms with Gasteiger partial charge in [-0.15, -0.1) is 0 Å². The molecule has 1 aromatic heterocycles. The van der Waals surface area contributed by atoms with Crippen LogP contribution in [0.1, 0.15) is 11.6 Å². The Morgan fingerprint density at radius 3 is 2.61 bits per heavy atom. The molecule has 0 saturated heterocycles. The zero-order valence-corrected chi connectivity index (χ0v) is 15.0. The van der Waals surface area contributed by atoms with Crippen molar-refractivity contribution in [2.75, 3.05) is 7.11 Å². The fourth-order valence-electron chi connectivity index (χ4n) is 1.83. The molecule has 23 heavy (non-hydrogen) atoms. The summed E-state index contributed by atoms with van der Waals surface area (Å²) in [5.41, 5.74) is 0.446. The van der Waals surface area contributed by atoms with Crippen molar-refractivity contribution < 1.29 is 17.9 Å². The fraction of sp³-hybridized carbons (Fsp3) is 0.143. The highest BCUT2D eigenvalue weighted by Gasteiger charge is 2.29. The maximum Gasteiger partial charge on any atom is 0.328 e. The van der Waals surface area contributed by atoms with Crippen LogP contribution in [0.3, 0.4) is 0 Å². The summed E-state index contributed by atoms with van der Waals surface area (Å²) in [4.78, 5) is 15.5. The molecule has 1 heterocycles. The molecule has 2 rings (SSSR count). The van der Waals surface area contributed by atoms with Crippen LogP contribution in [0.5, 0.6) is 0 Å². The van der Waals surface area contributed by atoms with E-state index in [-0.39, 0.29) is 10.0 Å². The van der Waals surface area contributed by atoms with Crippen LogP contribution in [-0.4, -0.2) is 26.5 Å². The van der Waals surface area contributed by atoms with Gasteiger partial charge in [0.1, 0.15) is 16.1 Å². The molecule has 9 heteroatoms.